The lowest BCUT2D eigenvalue weighted by Gasteiger charge is -2.05. The van der Waals surface area contributed by atoms with E-state index < -0.39 is 0 Å². The van der Waals surface area contributed by atoms with Crippen molar-refractivity contribution < 1.29 is 0 Å². The first-order valence-corrected chi connectivity index (χ1v) is 8.43. The van der Waals surface area contributed by atoms with E-state index >= 15 is 0 Å². The summed E-state index contributed by atoms with van der Waals surface area (Å²) in [5.41, 5.74) is 9.50. The summed E-state index contributed by atoms with van der Waals surface area (Å²) in [5.74, 6) is 0.613. The van der Waals surface area contributed by atoms with Crippen LogP contribution in [0, 0.1) is 13.8 Å². The van der Waals surface area contributed by atoms with Gasteiger partial charge in [-0.15, -0.1) is 10.2 Å². The normalized spacial score (nSPS) is 11.0. The molecule has 2 aromatic heterocycles. The monoisotopic (exact) mass is 333 g/mol. The van der Waals surface area contributed by atoms with Gasteiger partial charge < -0.3 is 5.73 Å². The second kappa shape index (κ2) is 5.98. The maximum Gasteiger partial charge on any atom is 0.271 e. The number of rotatable bonds is 4. The van der Waals surface area contributed by atoms with Crippen LogP contribution in [0.15, 0.2) is 33.4 Å². The van der Waals surface area contributed by atoms with E-state index in [9.17, 15) is 4.79 Å². The smallest absolute Gasteiger partial charge is 0.271 e. The molecule has 0 spiro atoms. The number of aromatic amines is 1. The Morgan fingerprint density at radius 1 is 1.27 bits per heavy atom. The third-order valence-corrected chi connectivity index (χ3v) is 5.23. The molecule has 3 N–H and O–H groups in total. The van der Waals surface area contributed by atoms with Crippen molar-refractivity contribution >= 4 is 28.2 Å². The van der Waals surface area contributed by atoms with Gasteiger partial charge in [-0.05, 0) is 37.1 Å². The molecule has 6 nitrogen and oxygen atoms in total. The molecule has 0 atom stereocenters. The van der Waals surface area contributed by atoms with Crippen LogP contribution in [0.2, 0.25) is 0 Å². The van der Waals surface area contributed by atoms with E-state index in [1.807, 2.05) is 32.0 Å². The first kappa shape index (κ1) is 14.9. The molecule has 8 heteroatoms. The van der Waals surface area contributed by atoms with Gasteiger partial charge in [0.2, 0.25) is 5.13 Å². The minimum Gasteiger partial charge on any atom is -0.374 e. The second-order valence-electron chi connectivity index (χ2n) is 4.92. The van der Waals surface area contributed by atoms with Crippen molar-refractivity contribution in [2.24, 2.45) is 0 Å². The van der Waals surface area contributed by atoms with E-state index in [0.29, 0.717) is 10.9 Å². The van der Waals surface area contributed by atoms with Crippen molar-refractivity contribution in [3.63, 3.8) is 0 Å². The molecule has 1 aromatic carbocycles. The number of nitrogens with one attached hydrogen (secondary N) is 1. The predicted molar refractivity (Wildman–Crippen MR) is 89.7 cm³/mol. The lowest BCUT2D eigenvalue weighted by molar-refractivity contribution is 0.831. The molecular formula is C14H15N5OS2. The molecule has 3 rings (SSSR count). The summed E-state index contributed by atoms with van der Waals surface area (Å²) < 4.78 is 2.34. The molecule has 0 saturated carbocycles. The molecular weight excluding hydrogens is 318 g/mol. The van der Waals surface area contributed by atoms with Crippen molar-refractivity contribution in [2.45, 2.75) is 23.9 Å². The Bertz CT molecular complexity index is 864. The summed E-state index contributed by atoms with van der Waals surface area (Å²) in [5, 5.41) is 11.3. The molecule has 0 unspecified atom stereocenters. The van der Waals surface area contributed by atoms with Gasteiger partial charge >= 0.3 is 0 Å². The summed E-state index contributed by atoms with van der Waals surface area (Å²) >= 11 is 2.84. The zero-order chi connectivity index (χ0) is 15.7. The van der Waals surface area contributed by atoms with Gasteiger partial charge in [0.1, 0.15) is 0 Å². The third-order valence-electron chi connectivity index (χ3n) is 3.30. The van der Waals surface area contributed by atoms with Crippen LogP contribution in [-0.2, 0) is 5.75 Å². The minimum atomic E-state index is -0.0735. The maximum absolute atomic E-state index is 12.1. The first-order valence-electron chi connectivity index (χ1n) is 6.63. The second-order valence-corrected chi connectivity index (χ2v) is 7.15. The molecule has 114 valence electrons. The van der Waals surface area contributed by atoms with Crippen LogP contribution in [0.4, 0.5) is 5.13 Å². The standard InChI is InChI=1S/C14H15N5OS2/c1-8-3-4-11(5-9(8)2)19-12(20)6-10(18-19)7-21-14-17-16-13(15)22-14/h3-6,18H,7H2,1-2H3,(H2,15,16). The number of thioether (sulfide) groups is 1. The lowest BCUT2D eigenvalue weighted by Crippen LogP contribution is -2.13. The average Bonchev–Trinajstić information content (AvgIpc) is 3.06. The van der Waals surface area contributed by atoms with E-state index in [2.05, 4.69) is 15.3 Å². The molecule has 0 bridgehead atoms. The molecule has 0 fully saturated rings. The minimum absolute atomic E-state index is 0.0735. The van der Waals surface area contributed by atoms with Crippen LogP contribution in [0.3, 0.4) is 0 Å². The summed E-state index contributed by atoms with van der Waals surface area (Å²) in [6, 6.07) is 7.54. The van der Waals surface area contributed by atoms with Crippen LogP contribution < -0.4 is 11.3 Å². The SMILES string of the molecule is Cc1ccc(-n2[nH]c(CSc3nnc(N)s3)cc2=O)cc1C. The largest absolute Gasteiger partial charge is 0.374 e. The van der Waals surface area contributed by atoms with E-state index in [1.165, 1.54) is 28.7 Å². The Morgan fingerprint density at radius 2 is 2.09 bits per heavy atom. The lowest BCUT2D eigenvalue weighted by atomic mass is 10.1. The molecule has 3 aromatic rings. The number of aromatic nitrogens is 4. The van der Waals surface area contributed by atoms with Crippen LogP contribution in [0.1, 0.15) is 16.8 Å². The van der Waals surface area contributed by atoms with E-state index in [0.717, 1.165) is 21.3 Å². The van der Waals surface area contributed by atoms with Crippen molar-refractivity contribution in [3.8, 4) is 5.69 Å². The first-order chi connectivity index (χ1) is 10.5. The highest BCUT2D eigenvalue weighted by atomic mass is 32.2. The summed E-state index contributed by atoms with van der Waals surface area (Å²) in [7, 11) is 0. The van der Waals surface area contributed by atoms with Crippen LogP contribution in [0.5, 0.6) is 0 Å². The van der Waals surface area contributed by atoms with Gasteiger partial charge in [-0.1, -0.05) is 29.2 Å². The number of aryl methyl sites for hydroxylation is 2. The quantitative estimate of drug-likeness (QED) is 0.716. The zero-order valence-corrected chi connectivity index (χ0v) is 13.8. The zero-order valence-electron chi connectivity index (χ0n) is 12.2. The summed E-state index contributed by atoms with van der Waals surface area (Å²) in [4.78, 5) is 12.1. The van der Waals surface area contributed by atoms with Crippen molar-refractivity contribution in [3.05, 3.63) is 51.4 Å². The molecule has 2 heterocycles. The average molecular weight is 333 g/mol. The van der Waals surface area contributed by atoms with Crippen LogP contribution in [-0.4, -0.2) is 20.0 Å². The fourth-order valence-electron chi connectivity index (χ4n) is 1.99. The number of nitrogen functional groups attached to an aromatic ring is 1. The number of benzene rings is 1. The van der Waals surface area contributed by atoms with Gasteiger partial charge in [-0.3, -0.25) is 9.89 Å². The Morgan fingerprint density at radius 3 is 2.77 bits per heavy atom. The molecule has 0 radical (unpaired) electrons. The molecule has 0 aliphatic rings. The number of hydrogen-bond acceptors (Lipinski definition) is 6. The highest BCUT2D eigenvalue weighted by Crippen LogP contribution is 2.26. The van der Waals surface area contributed by atoms with Crippen molar-refractivity contribution in [1.29, 1.82) is 0 Å². The predicted octanol–water partition coefficient (Wildman–Crippen LogP) is 2.51. The molecule has 22 heavy (non-hydrogen) atoms. The highest BCUT2D eigenvalue weighted by Gasteiger charge is 2.08. The van der Waals surface area contributed by atoms with Gasteiger partial charge in [0, 0.05) is 17.5 Å². The van der Waals surface area contributed by atoms with E-state index in [1.54, 1.807) is 10.7 Å². The van der Waals surface area contributed by atoms with Gasteiger partial charge in [0.15, 0.2) is 4.34 Å². The number of H-pyrrole nitrogens is 1. The molecule has 0 saturated heterocycles. The van der Waals surface area contributed by atoms with E-state index in [4.69, 9.17) is 5.73 Å². The highest BCUT2D eigenvalue weighted by molar-refractivity contribution is 8.00. The van der Waals surface area contributed by atoms with Crippen molar-refractivity contribution in [2.75, 3.05) is 5.73 Å². The number of nitrogens with two attached hydrogens (primary N) is 1. The fraction of sp³-hybridized carbons (Fsp3) is 0.214. The Kier molecular flexibility index (Phi) is 4.04. The Balaban J connectivity index is 1.81. The number of hydrogen-bond donors (Lipinski definition) is 2. The number of anilines is 1. The van der Waals surface area contributed by atoms with E-state index in [-0.39, 0.29) is 5.56 Å². The topological polar surface area (TPSA) is 89.6 Å². The van der Waals surface area contributed by atoms with Gasteiger partial charge in [-0.25, -0.2) is 4.68 Å². The maximum atomic E-state index is 12.1. The molecule has 0 aliphatic carbocycles. The van der Waals surface area contributed by atoms with Gasteiger partial charge in [0.25, 0.3) is 5.56 Å². The Hall–Kier alpha value is -2.06. The fourth-order valence-corrected chi connectivity index (χ4v) is 3.53. The molecule has 0 aliphatic heterocycles. The molecule has 0 amide bonds. The van der Waals surface area contributed by atoms with Crippen molar-refractivity contribution in [1.82, 2.24) is 20.0 Å². The number of nitrogens with zero attached hydrogens (tertiary/aromatic N) is 3. The Labute approximate surface area is 135 Å². The van der Waals surface area contributed by atoms with Crippen LogP contribution >= 0.6 is 23.1 Å². The van der Waals surface area contributed by atoms with Crippen LogP contribution in [0.25, 0.3) is 5.69 Å². The van der Waals surface area contributed by atoms with Gasteiger partial charge in [0.05, 0.1) is 5.69 Å². The third kappa shape index (κ3) is 3.07. The summed E-state index contributed by atoms with van der Waals surface area (Å²) in [6.45, 7) is 4.08. The van der Waals surface area contributed by atoms with Gasteiger partial charge in [-0.2, -0.15) is 0 Å². The summed E-state index contributed by atoms with van der Waals surface area (Å²) in [6.07, 6.45) is 0.